The Morgan fingerprint density at radius 1 is 0.940 bits per heavy atom. The standard InChI is InChI=1S/C50H54ClN9O6S/c1-7-67(63,64)57-34-12-14-42(39(21-34)40-29-58(6)45(62)43-38(40)15-18-53-43)65-36-10-8-9-35(22-36)60-27-33(28-60)30-16-19-59(20-17-30)48-54-25-32(26-55-48)44(61)56-46-49(2,3)47(50(46,4)5)66-37-13-11-31(24-52)41(51)23-37/h8-15,18,21-23,25-26,29-30,33,46-47,53,57H,7,16-17,19-20,27-28H2,1-6H3,(H,56,61). The molecule has 1 aliphatic carbocycles. The number of nitrogens with one attached hydrogen (secondary N) is 3. The van der Waals surface area contributed by atoms with Gasteiger partial charge >= 0.3 is 0 Å². The van der Waals surface area contributed by atoms with E-state index in [4.69, 9.17) is 21.1 Å². The minimum atomic E-state index is -3.54. The molecule has 3 fully saturated rings. The molecule has 1 amide bonds. The number of nitrogens with zero attached hydrogens (tertiary/aromatic N) is 6. The fourth-order valence-electron chi connectivity index (χ4n) is 10.5. The Morgan fingerprint density at radius 3 is 2.36 bits per heavy atom. The molecule has 0 radical (unpaired) electrons. The van der Waals surface area contributed by atoms with Gasteiger partial charge in [-0.05, 0) is 80.1 Å². The molecule has 0 unspecified atom stereocenters. The van der Waals surface area contributed by atoms with E-state index in [1.165, 1.54) is 4.57 Å². The van der Waals surface area contributed by atoms with Crippen LogP contribution < -0.4 is 34.9 Å². The Bertz CT molecular complexity index is 3060. The van der Waals surface area contributed by atoms with Gasteiger partial charge in [0.15, 0.2) is 0 Å². The highest BCUT2D eigenvalue weighted by Crippen LogP contribution is 2.55. The molecule has 2 aliphatic heterocycles. The lowest BCUT2D eigenvalue weighted by Crippen LogP contribution is -2.74. The van der Waals surface area contributed by atoms with Crippen molar-refractivity contribution in [3.05, 3.63) is 118 Å². The van der Waals surface area contributed by atoms with Crippen LogP contribution in [-0.2, 0) is 17.1 Å². The summed E-state index contributed by atoms with van der Waals surface area (Å²) in [5.41, 5.74) is 3.08. The van der Waals surface area contributed by atoms with Gasteiger partial charge in [0.05, 0.1) is 21.9 Å². The summed E-state index contributed by atoms with van der Waals surface area (Å²) < 4.78 is 42.1. The van der Waals surface area contributed by atoms with Crippen molar-refractivity contribution in [2.24, 2.45) is 29.7 Å². The number of benzene rings is 3. The topological polar surface area (TPSA) is 188 Å². The van der Waals surface area contributed by atoms with Crippen LogP contribution in [0.5, 0.6) is 17.2 Å². The van der Waals surface area contributed by atoms with Crippen molar-refractivity contribution in [1.82, 2.24) is 24.8 Å². The van der Waals surface area contributed by atoms with Gasteiger partial charge in [-0.1, -0.05) is 45.4 Å². The molecule has 67 heavy (non-hydrogen) atoms. The molecule has 17 heteroatoms. The van der Waals surface area contributed by atoms with Gasteiger partial charge in [0.1, 0.15) is 34.9 Å². The first kappa shape index (κ1) is 45.6. The quantitative estimate of drug-likeness (QED) is 0.101. The summed E-state index contributed by atoms with van der Waals surface area (Å²) in [6.45, 7) is 13.4. The SMILES string of the molecule is CCS(=O)(=O)Nc1ccc(Oc2cccc(N3CC(C4CCN(c5ncc(C(=O)NC6C(C)(C)C(Oc7ccc(C#N)c(Cl)c7)C6(C)C)cn5)CC4)C3)c2)c(-c2cn(C)c(=O)c3[nH]ccc23)c1. The predicted molar refractivity (Wildman–Crippen MR) is 261 cm³/mol. The molecular weight excluding hydrogens is 890 g/mol. The van der Waals surface area contributed by atoms with E-state index in [9.17, 15) is 23.3 Å². The van der Waals surface area contributed by atoms with Gasteiger partial charge in [0, 0.05) is 115 Å². The second-order valence-electron chi connectivity index (χ2n) is 19.1. The Hall–Kier alpha value is -6.57. The Kier molecular flexibility index (Phi) is 12.0. The predicted octanol–water partition coefficient (Wildman–Crippen LogP) is 8.37. The van der Waals surface area contributed by atoms with Crippen molar-refractivity contribution in [2.45, 2.75) is 59.6 Å². The zero-order valence-electron chi connectivity index (χ0n) is 38.3. The lowest BCUT2D eigenvalue weighted by atomic mass is 9.49. The van der Waals surface area contributed by atoms with E-state index in [2.05, 4.69) is 74.6 Å². The van der Waals surface area contributed by atoms with E-state index in [1.54, 1.807) is 75.2 Å². The number of rotatable bonds is 13. The normalized spacial score (nSPS) is 19.3. The number of amides is 1. The summed E-state index contributed by atoms with van der Waals surface area (Å²) in [6.07, 6.45) is 8.49. The number of hydrogen-bond donors (Lipinski definition) is 3. The molecule has 5 heterocycles. The summed E-state index contributed by atoms with van der Waals surface area (Å²) in [4.78, 5) is 43.3. The highest BCUT2D eigenvalue weighted by atomic mass is 35.5. The molecule has 348 valence electrons. The maximum absolute atomic E-state index is 13.5. The number of aryl methyl sites for hydroxylation is 1. The molecule has 0 atom stereocenters. The molecule has 0 spiro atoms. The van der Waals surface area contributed by atoms with E-state index >= 15 is 0 Å². The van der Waals surface area contributed by atoms with Crippen LogP contribution in [0.15, 0.2) is 96.3 Å². The van der Waals surface area contributed by atoms with Gasteiger partial charge in [-0.3, -0.25) is 14.3 Å². The van der Waals surface area contributed by atoms with E-state index in [0.29, 0.717) is 73.3 Å². The third kappa shape index (κ3) is 8.78. The average Bonchev–Trinajstić information content (AvgIpc) is 3.80. The van der Waals surface area contributed by atoms with Crippen LogP contribution in [-0.4, -0.2) is 77.9 Å². The van der Waals surface area contributed by atoms with Crippen LogP contribution in [0.1, 0.15) is 63.4 Å². The minimum absolute atomic E-state index is 0.0717. The first-order valence-electron chi connectivity index (χ1n) is 22.5. The third-order valence-electron chi connectivity index (χ3n) is 14.0. The summed E-state index contributed by atoms with van der Waals surface area (Å²) in [6, 6.07) is 21.9. The number of sulfonamides is 1. The summed E-state index contributed by atoms with van der Waals surface area (Å²) >= 11 is 6.26. The highest BCUT2D eigenvalue weighted by Gasteiger charge is 2.64. The van der Waals surface area contributed by atoms with E-state index in [-0.39, 0.29) is 29.4 Å². The van der Waals surface area contributed by atoms with Crippen LogP contribution >= 0.6 is 11.6 Å². The molecule has 2 saturated heterocycles. The van der Waals surface area contributed by atoms with E-state index in [1.807, 2.05) is 24.3 Å². The minimum Gasteiger partial charge on any atom is -0.489 e. The van der Waals surface area contributed by atoms with Crippen LogP contribution in [0.4, 0.5) is 17.3 Å². The Labute approximate surface area is 395 Å². The second-order valence-corrected chi connectivity index (χ2v) is 21.5. The summed E-state index contributed by atoms with van der Waals surface area (Å²) in [5, 5.41) is 13.5. The first-order valence-corrected chi connectivity index (χ1v) is 24.6. The number of halogens is 1. The molecule has 3 aromatic carbocycles. The van der Waals surface area contributed by atoms with Crippen molar-refractivity contribution < 1.29 is 22.7 Å². The Balaban J connectivity index is 0.793. The maximum Gasteiger partial charge on any atom is 0.274 e. The lowest BCUT2D eigenvalue weighted by molar-refractivity contribution is -0.164. The molecule has 3 N–H and O–H groups in total. The monoisotopic (exact) mass is 943 g/mol. The number of hydrogen-bond acceptors (Lipinski definition) is 11. The third-order valence-corrected chi connectivity index (χ3v) is 15.6. The fourth-order valence-corrected chi connectivity index (χ4v) is 11.3. The van der Waals surface area contributed by atoms with Crippen molar-refractivity contribution in [1.29, 1.82) is 5.26 Å². The number of pyridine rings is 1. The van der Waals surface area contributed by atoms with Crippen molar-refractivity contribution in [3.63, 3.8) is 0 Å². The molecule has 3 aliphatic rings. The number of aromatic nitrogens is 4. The number of fused-ring (bicyclic) bond motifs is 1. The number of anilines is 3. The van der Waals surface area contributed by atoms with Gasteiger partial charge in [0.25, 0.3) is 11.5 Å². The number of H-pyrrole nitrogens is 1. The Morgan fingerprint density at radius 2 is 1.67 bits per heavy atom. The summed E-state index contributed by atoms with van der Waals surface area (Å²) in [7, 11) is -1.86. The smallest absolute Gasteiger partial charge is 0.274 e. The van der Waals surface area contributed by atoms with E-state index < -0.39 is 20.9 Å². The number of carbonyl (C=O) groups excluding carboxylic acids is 1. The van der Waals surface area contributed by atoms with Crippen molar-refractivity contribution in [3.8, 4) is 34.4 Å². The molecule has 1 saturated carbocycles. The number of ether oxygens (including phenoxy) is 2. The number of aromatic amines is 1. The first-order chi connectivity index (χ1) is 31.9. The second kappa shape index (κ2) is 17.6. The number of nitriles is 1. The fraction of sp³-hybridized carbons (Fsp3) is 0.380. The molecule has 3 aromatic heterocycles. The van der Waals surface area contributed by atoms with Crippen molar-refractivity contribution in [2.75, 3.05) is 46.5 Å². The zero-order chi connectivity index (χ0) is 47.4. The maximum atomic E-state index is 13.5. The van der Waals surface area contributed by atoms with Crippen molar-refractivity contribution >= 4 is 55.8 Å². The van der Waals surface area contributed by atoms with Gasteiger partial charge < -0.3 is 34.1 Å². The van der Waals surface area contributed by atoms with Gasteiger partial charge in [0.2, 0.25) is 16.0 Å². The molecule has 0 bridgehead atoms. The number of piperidine rings is 1. The van der Waals surface area contributed by atoms with Gasteiger partial charge in [-0.2, -0.15) is 5.26 Å². The molecular formula is C50H54ClN9O6S. The van der Waals surface area contributed by atoms with Gasteiger partial charge in [-0.25, -0.2) is 18.4 Å². The summed E-state index contributed by atoms with van der Waals surface area (Å²) in [5.74, 6) is 3.15. The highest BCUT2D eigenvalue weighted by molar-refractivity contribution is 7.92. The average molecular weight is 945 g/mol. The van der Waals surface area contributed by atoms with Crippen LogP contribution in [0.3, 0.4) is 0 Å². The van der Waals surface area contributed by atoms with Crippen LogP contribution in [0.2, 0.25) is 5.02 Å². The van der Waals surface area contributed by atoms with Gasteiger partial charge in [-0.15, -0.1) is 0 Å². The lowest BCUT2D eigenvalue weighted by Gasteiger charge is -2.63. The molecule has 15 nitrogen and oxygen atoms in total. The van der Waals surface area contributed by atoms with E-state index in [0.717, 1.165) is 50.3 Å². The molecule has 6 aromatic rings. The molecule has 9 rings (SSSR count). The van der Waals surface area contributed by atoms with Crippen LogP contribution in [0.25, 0.3) is 22.0 Å². The van der Waals surface area contributed by atoms with Crippen LogP contribution in [0, 0.1) is 34.0 Å². The largest absolute Gasteiger partial charge is 0.489 e. The zero-order valence-corrected chi connectivity index (χ0v) is 39.9. The number of carbonyl (C=O) groups is 1.